The van der Waals surface area contributed by atoms with E-state index in [0.717, 1.165) is 11.1 Å². The second kappa shape index (κ2) is 9.28. The van der Waals surface area contributed by atoms with Gasteiger partial charge in [-0.15, -0.1) is 11.6 Å². The molecule has 2 aromatic rings. The summed E-state index contributed by atoms with van der Waals surface area (Å²) in [5, 5.41) is 13.6. The summed E-state index contributed by atoms with van der Waals surface area (Å²) in [5.41, 5.74) is 1.97. The Morgan fingerprint density at radius 2 is 1.75 bits per heavy atom. The number of benzene rings is 2. The van der Waals surface area contributed by atoms with Crippen LogP contribution in [0.15, 0.2) is 48.5 Å². The van der Waals surface area contributed by atoms with E-state index >= 15 is 0 Å². The lowest BCUT2D eigenvalue weighted by molar-refractivity contribution is -0.137. The summed E-state index contributed by atoms with van der Waals surface area (Å²) in [4.78, 5) is 11.1. The molecule has 2 atom stereocenters. The average Bonchev–Trinajstić information content (AvgIpc) is 2.55. The zero-order valence-electron chi connectivity index (χ0n) is 12.9. The number of hydrogen-bond acceptors (Lipinski definition) is 2. The minimum atomic E-state index is -0.831. The number of hydrogen-bond donors (Lipinski definition) is 2. The number of carbonyl (C=O) groups is 1. The van der Waals surface area contributed by atoms with E-state index in [0.29, 0.717) is 16.5 Å². The van der Waals surface area contributed by atoms with Crippen LogP contribution in [0.4, 0.5) is 0 Å². The molecule has 0 aliphatic carbocycles. The Morgan fingerprint density at radius 1 is 1.04 bits per heavy atom. The molecule has 0 aromatic heterocycles. The van der Waals surface area contributed by atoms with Crippen LogP contribution in [-0.2, 0) is 4.79 Å². The highest BCUT2D eigenvalue weighted by Gasteiger charge is 2.25. The van der Waals surface area contributed by atoms with E-state index in [4.69, 9.17) is 39.9 Å². The van der Waals surface area contributed by atoms with Crippen molar-refractivity contribution in [1.29, 1.82) is 0 Å². The molecule has 3 nitrogen and oxygen atoms in total. The summed E-state index contributed by atoms with van der Waals surface area (Å²) in [6.07, 6.45) is 0.526. The molecule has 2 rings (SSSR count). The van der Waals surface area contributed by atoms with Crippen molar-refractivity contribution in [3.05, 3.63) is 69.7 Å². The van der Waals surface area contributed by atoms with Gasteiger partial charge in [-0.1, -0.05) is 47.5 Å². The Morgan fingerprint density at radius 3 is 2.33 bits per heavy atom. The number of rotatable bonds is 8. The molecule has 0 unspecified atom stereocenters. The molecule has 0 fully saturated rings. The molecular formula is C18H18Cl3NO2. The third-order valence-corrected chi connectivity index (χ3v) is 4.52. The molecule has 0 bridgehead atoms. The van der Waals surface area contributed by atoms with E-state index in [9.17, 15) is 4.79 Å². The summed E-state index contributed by atoms with van der Waals surface area (Å²) in [7, 11) is 0. The van der Waals surface area contributed by atoms with Crippen molar-refractivity contribution >= 4 is 40.8 Å². The number of halogens is 3. The highest BCUT2D eigenvalue weighted by atomic mass is 35.5. The molecule has 0 saturated carbocycles. The van der Waals surface area contributed by atoms with Gasteiger partial charge in [0.1, 0.15) is 0 Å². The summed E-state index contributed by atoms with van der Waals surface area (Å²) < 4.78 is 0. The van der Waals surface area contributed by atoms with Gasteiger partial charge in [0.05, 0.1) is 6.00 Å². The van der Waals surface area contributed by atoms with Crippen LogP contribution in [-0.4, -0.2) is 17.1 Å². The molecule has 6 heteroatoms. The van der Waals surface area contributed by atoms with E-state index < -0.39 is 5.97 Å². The molecular weight excluding hydrogens is 369 g/mol. The average molecular weight is 387 g/mol. The second-order valence-corrected chi connectivity index (χ2v) is 6.60. The Hall–Kier alpha value is -1.26. The van der Waals surface area contributed by atoms with Gasteiger partial charge in [0.15, 0.2) is 0 Å². The largest absolute Gasteiger partial charge is 0.481 e. The van der Waals surface area contributed by atoms with Gasteiger partial charge < -0.3 is 5.11 Å². The Kier molecular flexibility index (Phi) is 7.38. The fraction of sp³-hybridized carbons (Fsp3) is 0.278. The SMILES string of the molecule is O=C(O)CC[C@H](c1cccc(Cl)c1)[C@H](NCCl)c1ccc(Cl)cc1. The van der Waals surface area contributed by atoms with Crippen LogP contribution in [0.2, 0.25) is 10.0 Å². The lowest BCUT2D eigenvalue weighted by atomic mass is 9.84. The number of carboxylic acid groups (broad SMARTS) is 1. The molecule has 0 aliphatic rings. The van der Waals surface area contributed by atoms with E-state index in [1.807, 2.05) is 42.5 Å². The minimum absolute atomic E-state index is 0.0607. The first kappa shape index (κ1) is 19.1. The fourth-order valence-corrected chi connectivity index (χ4v) is 3.28. The molecule has 0 heterocycles. The second-order valence-electron chi connectivity index (χ2n) is 5.46. The summed E-state index contributed by atoms with van der Waals surface area (Å²) in [6, 6.07) is 15.1. The standard InChI is InChI=1S/C18H18Cl3NO2/c19-11-22-18(12-4-6-14(20)7-5-12)16(8-9-17(23)24)13-2-1-3-15(21)10-13/h1-7,10,16,18,22H,8-9,11H2,(H,23,24)/t16-,18-/m1/s1. The predicted molar refractivity (Wildman–Crippen MR) is 99.1 cm³/mol. The topological polar surface area (TPSA) is 49.3 Å². The van der Waals surface area contributed by atoms with Gasteiger partial charge in [-0.3, -0.25) is 10.1 Å². The van der Waals surface area contributed by atoms with Gasteiger partial charge in [0, 0.05) is 28.4 Å². The zero-order valence-corrected chi connectivity index (χ0v) is 15.2. The Labute approximate surface area is 156 Å². The summed E-state index contributed by atoms with van der Waals surface area (Å²) >= 11 is 18.0. The van der Waals surface area contributed by atoms with Crippen molar-refractivity contribution in [1.82, 2.24) is 5.32 Å². The maximum atomic E-state index is 11.1. The highest BCUT2D eigenvalue weighted by molar-refractivity contribution is 6.30. The monoisotopic (exact) mass is 385 g/mol. The van der Waals surface area contributed by atoms with Crippen molar-refractivity contribution in [2.45, 2.75) is 24.8 Å². The lowest BCUT2D eigenvalue weighted by Gasteiger charge is -2.28. The molecule has 0 spiro atoms. The van der Waals surface area contributed by atoms with Crippen LogP contribution in [0.1, 0.15) is 35.9 Å². The fourth-order valence-electron chi connectivity index (χ4n) is 2.79. The van der Waals surface area contributed by atoms with E-state index in [-0.39, 0.29) is 24.4 Å². The molecule has 2 N–H and O–H groups in total. The normalized spacial score (nSPS) is 13.5. The highest BCUT2D eigenvalue weighted by Crippen LogP contribution is 2.36. The smallest absolute Gasteiger partial charge is 0.303 e. The predicted octanol–water partition coefficient (Wildman–Crippen LogP) is 5.47. The number of alkyl halides is 1. The number of aliphatic carboxylic acids is 1. The van der Waals surface area contributed by atoms with Gasteiger partial charge in [-0.2, -0.15) is 0 Å². The quantitative estimate of drug-likeness (QED) is 0.467. The lowest BCUT2D eigenvalue weighted by Crippen LogP contribution is -2.27. The maximum Gasteiger partial charge on any atom is 0.303 e. The van der Waals surface area contributed by atoms with Crippen LogP contribution < -0.4 is 5.32 Å². The van der Waals surface area contributed by atoms with Gasteiger partial charge in [-0.05, 0) is 41.8 Å². The molecule has 0 amide bonds. The maximum absolute atomic E-state index is 11.1. The Balaban J connectivity index is 2.39. The molecule has 0 radical (unpaired) electrons. The zero-order chi connectivity index (χ0) is 17.5. The minimum Gasteiger partial charge on any atom is -0.481 e. The molecule has 24 heavy (non-hydrogen) atoms. The first-order valence-electron chi connectivity index (χ1n) is 7.53. The summed E-state index contributed by atoms with van der Waals surface area (Å²) in [6.45, 7) is 0. The molecule has 128 valence electrons. The Bertz CT molecular complexity index is 676. The van der Waals surface area contributed by atoms with Crippen molar-refractivity contribution < 1.29 is 9.90 Å². The van der Waals surface area contributed by atoms with E-state index in [2.05, 4.69) is 5.32 Å². The summed E-state index contributed by atoms with van der Waals surface area (Å²) in [5.74, 6) is -0.914. The first-order valence-corrected chi connectivity index (χ1v) is 8.82. The van der Waals surface area contributed by atoms with E-state index in [1.54, 1.807) is 6.07 Å². The first-order chi connectivity index (χ1) is 11.5. The van der Waals surface area contributed by atoms with Gasteiger partial charge >= 0.3 is 5.97 Å². The van der Waals surface area contributed by atoms with Crippen molar-refractivity contribution in [3.8, 4) is 0 Å². The van der Waals surface area contributed by atoms with Gasteiger partial charge in [0.2, 0.25) is 0 Å². The number of carboxylic acids is 1. The third-order valence-electron chi connectivity index (χ3n) is 3.87. The van der Waals surface area contributed by atoms with Crippen LogP contribution >= 0.6 is 34.8 Å². The number of nitrogens with one attached hydrogen (secondary N) is 1. The molecule has 0 aliphatic heterocycles. The van der Waals surface area contributed by atoms with E-state index in [1.165, 1.54) is 0 Å². The van der Waals surface area contributed by atoms with Crippen molar-refractivity contribution in [2.75, 3.05) is 6.00 Å². The molecule has 2 aromatic carbocycles. The van der Waals surface area contributed by atoms with Crippen LogP contribution in [0.25, 0.3) is 0 Å². The van der Waals surface area contributed by atoms with Crippen molar-refractivity contribution in [3.63, 3.8) is 0 Å². The van der Waals surface area contributed by atoms with Crippen LogP contribution in [0.3, 0.4) is 0 Å². The van der Waals surface area contributed by atoms with Gasteiger partial charge in [-0.25, -0.2) is 0 Å². The molecule has 0 saturated heterocycles. The van der Waals surface area contributed by atoms with Gasteiger partial charge in [0.25, 0.3) is 0 Å². The third kappa shape index (κ3) is 5.38. The van der Waals surface area contributed by atoms with Crippen molar-refractivity contribution in [2.24, 2.45) is 0 Å². The van der Waals surface area contributed by atoms with Crippen LogP contribution in [0.5, 0.6) is 0 Å². The van der Waals surface area contributed by atoms with Crippen LogP contribution in [0, 0.1) is 0 Å².